The van der Waals surface area contributed by atoms with E-state index in [1.165, 1.54) is 6.07 Å². The largest absolute Gasteiger partial charge is 0.462 e. The van der Waals surface area contributed by atoms with E-state index in [9.17, 15) is 9.59 Å². The maximum absolute atomic E-state index is 11.9. The molecule has 0 saturated heterocycles. The Kier molecular flexibility index (Phi) is 7.15. The minimum Gasteiger partial charge on any atom is -0.462 e. The first-order valence-electron chi connectivity index (χ1n) is 6.87. The summed E-state index contributed by atoms with van der Waals surface area (Å²) in [5.74, 6) is -0.516. The van der Waals surface area contributed by atoms with Gasteiger partial charge in [-0.15, -0.1) is 0 Å². The normalized spacial score (nSPS) is 9.68. The fraction of sp³-hybridized carbons (Fsp3) is 0.250. The fourth-order valence-electron chi connectivity index (χ4n) is 1.81. The molecular weight excluding hydrogens is 325 g/mol. The number of carbonyl (C=O) groups is 2. The summed E-state index contributed by atoms with van der Waals surface area (Å²) in [6.07, 6.45) is 0.621. The zero-order valence-corrected chi connectivity index (χ0v) is 14.1. The number of H-pyrrole nitrogens is 1. The van der Waals surface area contributed by atoms with Crippen molar-refractivity contribution in [1.29, 1.82) is 0 Å². The Morgan fingerprint density at radius 2 is 1.95 bits per heavy atom. The third kappa shape index (κ3) is 4.12. The van der Waals surface area contributed by atoms with Gasteiger partial charge in [-0.25, -0.2) is 4.79 Å². The van der Waals surface area contributed by atoms with E-state index >= 15 is 0 Å². The first-order valence-corrected chi connectivity index (χ1v) is 7.63. The molecule has 1 N–H and O–H groups in total. The first kappa shape index (κ1) is 18.3. The summed E-state index contributed by atoms with van der Waals surface area (Å²) in [5, 5.41) is 0.862. The van der Waals surface area contributed by atoms with Crippen molar-refractivity contribution in [1.82, 2.24) is 4.98 Å². The smallest absolute Gasteiger partial charge is 0.340 e. The minimum atomic E-state index is -0.516. The highest BCUT2D eigenvalue weighted by Crippen LogP contribution is 2.32. The standard InChI is InChI=1S/C14H11Cl2NO3.C2H6/c1-2-20-14(19)11-6-9(7-18)17-13(11)10-4-3-8(15)5-12(10)16;1-2/h3-7,17H,2H2,1H3;1-2H3. The Bertz CT molecular complexity index is 665. The number of aromatic amines is 1. The van der Waals surface area contributed by atoms with Crippen LogP contribution in [-0.2, 0) is 4.74 Å². The molecule has 22 heavy (non-hydrogen) atoms. The molecule has 0 saturated carbocycles. The topological polar surface area (TPSA) is 59.2 Å². The van der Waals surface area contributed by atoms with Crippen LogP contribution in [0, 0.1) is 0 Å². The first-order chi connectivity index (χ1) is 10.6. The highest BCUT2D eigenvalue weighted by molar-refractivity contribution is 6.36. The molecule has 6 heteroatoms. The summed E-state index contributed by atoms with van der Waals surface area (Å²) in [4.78, 5) is 25.7. The summed E-state index contributed by atoms with van der Waals surface area (Å²) in [6, 6.07) is 6.33. The lowest BCUT2D eigenvalue weighted by atomic mass is 10.1. The number of ether oxygens (including phenoxy) is 1. The second-order valence-electron chi connectivity index (χ2n) is 3.98. The van der Waals surface area contributed by atoms with Gasteiger partial charge in [0.05, 0.1) is 28.6 Å². The van der Waals surface area contributed by atoms with Gasteiger partial charge < -0.3 is 9.72 Å². The van der Waals surface area contributed by atoms with Crippen LogP contribution >= 0.6 is 23.2 Å². The average Bonchev–Trinajstić information content (AvgIpc) is 2.94. The van der Waals surface area contributed by atoms with Crippen LogP contribution in [0.2, 0.25) is 10.0 Å². The van der Waals surface area contributed by atoms with Crippen LogP contribution in [0.15, 0.2) is 24.3 Å². The van der Waals surface area contributed by atoms with Gasteiger partial charge in [0, 0.05) is 10.6 Å². The quantitative estimate of drug-likeness (QED) is 0.628. The van der Waals surface area contributed by atoms with Gasteiger partial charge in [0.2, 0.25) is 0 Å². The fourth-order valence-corrected chi connectivity index (χ4v) is 2.32. The second kappa shape index (κ2) is 8.61. The predicted molar refractivity (Wildman–Crippen MR) is 88.9 cm³/mol. The molecule has 0 aliphatic rings. The highest BCUT2D eigenvalue weighted by Gasteiger charge is 2.19. The van der Waals surface area contributed by atoms with Crippen LogP contribution in [0.5, 0.6) is 0 Å². The molecule has 2 rings (SSSR count). The molecule has 118 valence electrons. The van der Waals surface area contributed by atoms with Crippen molar-refractivity contribution < 1.29 is 14.3 Å². The molecule has 0 spiro atoms. The SMILES string of the molecule is CC.CCOC(=O)c1cc(C=O)[nH]c1-c1ccc(Cl)cc1Cl. The molecule has 0 bridgehead atoms. The Hall–Kier alpha value is -1.78. The summed E-state index contributed by atoms with van der Waals surface area (Å²) in [6.45, 7) is 5.95. The van der Waals surface area contributed by atoms with Crippen molar-refractivity contribution in [2.24, 2.45) is 0 Å². The number of carbonyl (C=O) groups excluding carboxylic acids is 2. The molecule has 0 aliphatic carbocycles. The number of hydrogen-bond donors (Lipinski definition) is 1. The Labute approximate surface area is 139 Å². The molecule has 2 aromatic rings. The van der Waals surface area contributed by atoms with Gasteiger partial charge in [0.25, 0.3) is 0 Å². The van der Waals surface area contributed by atoms with Gasteiger partial charge in [0.15, 0.2) is 6.29 Å². The maximum Gasteiger partial charge on any atom is 0.340 e. The average molecular weight is 342 g/mol. The van der Waals surface area contributed by atoms with Crippen molar-refractivity contribution in [3.8, 4) is 11.3 Å². The molecule has 0 amide bonds. The molecule has 4 nitrogen and oxygen atoms in total. The number of nitrogens with one attached hydrogen (secondary N) is 1. The lowest BCUT2D eigenvalue weighted by Crippen LogP contribution is -2.05. The summed E-state index contributed by atoms with van der Waals surface area (Å²) in [7, 11) is 0. The second-order valence-corrected chi connectivity index (χ2v) is 4.82. The van der Waals surface area contributed by atoms with Crippen LogP contribution in [-0.4, -0.2) is 23.8 Å². The van der Waals surface area contributed by atoms with E-state index in [0.29, 0.717) is 27.6 Å². The molecule has 0 aliphatic heterocycles. The van der Waals surface area contributed by atoms with E-state index in [2.05, 4.69) is 4.98 Å². The molecular formula is C16H17Cl2NO3. The summed E-state index contributed by atoms with van der Waals surface area (Å²) < 4.78 is 4.97. The van der Waals surface area contributed by atoms with E-state index in [-0.39, 0.29) is 17.9 Å². The van der Waals surface area contributed by atoms with Crippen LogP contribution in [0.3, 0.4) is 0 Å². The van der Waals surface area contributed by atoms with Gasteiger partial charge in [-0.3, -0.25) is 4.79 Å². The van der Waals surface area contributed by atoms with Gasteiger partial charge in [-0.05, 0) is 31.2 Å². The molecule has 0 unspecified atom stereocenters. The monoisotopic (exact) mass is 341 g/mol. The molecule has 1 aromatic carbocycles. The van der Waals surface area contributed by atoms with Crippen LogP contribution in [0.1, 0.15) is 41.6 Å². The molecule has 0 fully saturated rings. The van der Waals surface area contributed by atoms with E-state index in [1.807, 2.05) is 13.8 Å². The zero-order valence-electron chi connectivity index (χ0n) is 12.6. The summed E-state index contributed by atoms with van der Waals surface area (Å²) >= 11 is 12.0. The van der Waals surface area contributed by atoms with E-state index in [0.717, 1.165) is 0 Å². The lowest BCUT2D eigenvalue weighted by molar-refractivity contribution is 0.0527. The van der Waals surface area contributed by atoms with Gasteiger partial charge >= 0.3 is 5.97 Å². The third-order valence-corrected chi connectivity index (χ3v) is 3.21. The molecule has 0 radical (unpaired) electrons. The maximum atomic E-state index is 11.9. The number of aldehydes is 1. The van der Waals surface area contributed by atoms with Gasteiger partial charge in [-0.1, -0.05) is 37.0 Å². The minimum absolute atomic E-state index is 0.244. The van der Waals surface area contributed by atoms with Crippen molar-refractivity contribution >= 4 is 35.5 Å². The van der Waals surface area contributed by atoms with E-state index in [4.69, 9.17) is 27.9 Å². The molecule has 1 aromatic heterocycles. The number of benzene rings is 1. The molecule has 1 heterocycles. The lowest BCUT2D eigenvalue weighted by Gasteiger charge is -2.06. The van der Waals surface area contributed by atoms with Crippen LogP contribution in [0.4, 0.5) is 0 Å². The van der Waals surface area contributed by atoms with Crippen molar-refractivity contribution in [3.05, 3.63) is 45.6 Å². The van der Waals surface area contributed by atoms with Crippen molar-refractivity contribution in [2.45, 2.75) is 20.8 Å². The van der Waals surface area contributed by atoms with E-state index < -0.39 is 5.97 Å². The number of aromatic nitrogens is 1. The Morgan fingerprint density at radius 3 is 2.50 bits per heavy atom. The zero-order chi connectivity index (χ0) is 16.7. The Balaban J connectivity index is 0.00000116. The molecule has 0 atom stereocenters. The number of halogens is 2. The predicted octanol–water partition coefficient (Wildman–Crippen LogP) is 5.00. The number of hydrogen-bond acceptors (Lipinski definition) is 3. The Morgan fingerprint density at radius 1 is 1.27 bits per heavy atom. The van der Waals surface area contributed by atoms with Crippen molar-refractivity contribution in [2.75, 3.05) is 6.61 Å². The number of esters is 1. The van der Waals surface area contributed by atoms with Gasteiger partial charge in [-0.2, -0.15) is 0 Å². The number of rotatable bonds is 4. The third-order valence-electron chi connectivity index (χ3n) is 2.66. The van der Waals surface area contributed by atoms with E-state index in [1.54, 1.807) is 25.1 Å². The highest BCUT2D eigenvalue weighted by atomic mass is 35.5. The van der Waals surface area contributed by atoms with Crippen LogP contribution < -0.4 is 0 Å². The van der Waals surface area contributed by atoms with Crippen LogP contribution in [0.25, 0.3) is 11.3 Å². The van der Waals surface area contributed by atoms with Crippen molar-refractivity contribution in [3.63, 3.8) is 0 Å². The summed E-state index contributed by atoms with van der Waals surface area (Å²) in [5.41, 5.74) is 1.55. The van der Waals surface area contributed by atoms with Gasteiger partial charge in [0.1, 0.15) is 0 Å².